The first-order valence-electron chi connectivity index (χ1n) is 7.31. The smallest absolute Gasteiger partial charge is 0.310 e. The third-order valence-electron chi connectivity index (χ3n) is 3.83. The molecule has 126 valence electrons. The second-order valence-electron chi connectivity index (χ2n) is 5.52. The first-order valence-corrected chi connectivity index (χ1v) is 7.69. The van der Waals surface area contributed by atoms with Gasteiger partial charge in [0.2, 0.25) is 0 Å². The van der Waals surface area contributed by atoms with Crippen LogP contribution in [0.2, 0.25) is 5.15 Å². The number of carboxylic acids is 1. The minimum Gasteiger partial charge on any atom is -0.481 e. The maximum absolute atomic E-state index is 11.0. The topological polar surface area (TPSA) is 115 Å². The Balaban J connectivity index is 1.93. The molecule has 1 unspecified atom stereocenters. The summed E-state index contributed by atoms with van der Waals surface area (Å²) in [7, 11) is 0. The zero-order valence-electron chi connectivity index (χ0n) is 12.6. The van der Waals surface area contributed by atoms with Gasteiger partial charge in [-0.15, -0.1) is 0 Å². The number of aliphatic carboxylic acids is 1. The number of anilines is 1. The Hall–Kier alpha value is -1.93. The van der Waals surface area contributed by atoms with Gasteiger partial charge in [0.05, 0.1) is 16.9 Å². The molecule has 9 heteroatoms. The number of ether oxygens (including phenoxy) is 1. The van der Waals surface area contributed by atoms with Gasteiger partial charge in [-0.3, -0.25) is 14.9 Å². The van der Waals surface area contributed by atoms with Crippen molar-refractivity contribution in [3.63, 3.8) is 0 Å². The number of hydrogen-bond donors (Lipinski definition) is 2. The summed E-state index contributed by atoms with van der Waals surface area (Å²) in [4.78, 5) is 25.1. The lowest BCUT2D eigenvalue weighted by molar-refractivity contribution is -0.384. The molecule has 23 heavy (non-hydrogen) atoms. The van der Waals surface area contributed by atoms with Gasteiger partial charge in [-0.25, -0.2) is 4.98 Å². The van der Waals surface area contributed by atoms with Crippen molar-refractivity contribution < 1.29 is 19.6 Å². The molecule has 2 rings (SSSR count). The van der Waals surface area contributed by atoms with Crippen LogP contribution in [0.15, 0.2) is 12.3 Å². The molecule has 1 aromatic rings. The van der Waals surface area contributed by atoms with Crippen molar-refractivity contribution in [2.45, 2.75) is 44.9 Å². The first kappa shape index (κ1) is 17.4. The molecular formula is C14H18ClN3O5. The van der Waals surface area contributed by atoms with Crippen LogP contribution in [0.5, 0.6) is 0 Å². The van der Waals surface area contributed by atoms with Crippen LogP contribution in [-0.4, -0.2) is 33.3 Å². The highest BCUT2D eigenvalue weighted by Gasteiger charge is 2.27. The van der Waals surface area contributed by atoms with Gasteiger partial charge in [0.25, 0.3) is 0 Å². The molecule has 1 fully saturated rings. The second-order valence-corrected chi connectivity index (χ2v) is 5.90. The number of halogens is 1. The van der Waals surface area contributed by atoms with Crippen molar-refractivity contribution in [3.8, 4) is 0 Å². The van der Waals surface area contributed by atoms with Crippen LogP contribution in [0.3, 0.4) is 0 Å². The Morgan fingerprint density at radius 3 is 2.74 bits per heavy atom. The molecule has 0 aromatic carbocycles. The summed E-state index contributed by atoms with van der Waals surface area (Å²) >= 11 is 5.77. The fraction of sp³-hybridized carbons (Fsp3) is 0.571. The van der Waals surface area contributed by atoms with E-state index in [-0.39, 0.29) is 28.5 Å². The molecule has 1 aliphatic rings. The summed E-state index contributed by atoms with van der Waals surface area (Å²) < 4.78 is 5.81. The highest BCUT2D eigenvalue weighted by molar-refractivity contribution is 6.29. The molecule has 0 bridgehead atoms. The largest absolute Gasteiger partial charge is 0.481 e. The van der Waals surface area contributed by atoms with Gasteiger partial charge in [-0.05, 0) is 32.6 Å². The van der Waals surface area contributed by atoms with Crippen LogP contribution in [-0.2, 0) is 9.53 Å². The molecule has 0 aliphatic heterocycles. The summed E-state index contributed by atoms with van der Waals surface area (Å²) in [6.07, 6.45) is 3.02. The van der Waals surface area contributed by atoms with E-state index in [4.69, 9.17) is 21.4 Å². The van der Waals surface area contributed by atoms with Gasteiger partial charge in [0.15, 0.2) is 0 Å². The van der Waals surface area contributed by atoms with Gasteiger partial charge < -0.3 is 15.2 Å². The highest BCUT2D eigenvalue weighted by atomic mass is 35.5. The number of hydrogen-bond acceptors (Lipinski definition) is 6. The zero-order valence-corrected chi connectivity index (χ0v) is 13.3. The number of pyridine rings is 1. The van der Waals surface area contributed by atoms with Crippen LogP contribution >= 0.6 is 11.6 Å². The molecule has 0 saturated heterocycles. The minimum atomic E-state index is -0.767. The fourth-order valence-corrected chi connectivity index (χ4v) is 2.83. The van der Waals surface area contributed by atoms with Gasteiger partial charge in [-0.2, -0.15) is 0 Å². The van der Waals surface area contributed by atoms with E-state index >= 15 is 0 Å². The lowest BCUT2D eigenvalue weighted by Gasteiger charge is -2.29. The van der Waals surface area contributed by atoms with Crippen LogP contribution in [0.25, 0.3) is 0 Å². The summed E-state index contributed by atoms with van der Waals surface area (Å²) in [5, 5.41) is 23.0. The number of rotatable bonds is 6. The number of nitrogens with zero attached hydrogens (tertiary/aromatic N) is 2. The maximum Gasteiger partial charge on any atom is 0.310 e. The van der Waals surface area contributed by atoms with Crippen LogP contribution in [0, 0.1) is 16.0 Å². The molecule has 8 nitrogen and oxygen atoms in total. The number of aromatic nitrogens is 1. The van der Waals surface area contributed by atoms with E-state index in [1.807, 2.05) is 0 Å². The lowest BCUT2D eigenvalue weighted by atomic mass is 9.87. The fourth-order valence-electron chi connectivity index (χ4n) is 2.67. The third kappa shape index (κ3) is 4.77. The van der Waals surface area contributed by atoms with Crippen molar-refractivity contribution in [3.05, 3.63) is 27.5 Å². The van der Waals surface area contributed by atoms with Crippen LogP contribution in [0.4, 0.5) is 11.4 Å². The molecule has 0 amide bonds. The normalized spacial score (nSPS) is 22.3. The lowest BCUT2D eigenvalue weighted by Crippen LogP contribution is -2.31. The standard InChI is InChI=1S/C14H18ClN3O5/c1-8(23-10-4-2-9(3-5-10)14(19)20)17-11-6-13(15)16-7-12(11)18(21)22/h6-10H,2-5H2,1H3,(H,16,17)(H,19,20)/t8?,9-,10-. The molecule has 1 saturated carbocycles. The summed E-state index contributed by atoms with van der Waals surface area (Å²) in [6, 6.07) is 1.38. The van der Waals surface area contributed by atoms with Crippen LogP contribution in [0.1, 0.15) is 32.6 Å². The monoisotopic (exact) mass is 343 g/mol. The van der Waals surface area contributed by atoms with E-state index in [1.165, 1.54) is 6.07 Å². The quantitative estimate of drug-likeness (QED) is 0.353. The van der Waals surface area contributed by atoms with Gasteiger partial charge in [-0.1, -0.05) is 11.6 Å². The maximum atomic E-state index is 11.0. The summed E-state index contributed by atoms with van der Waals surface area (Å²) in [6.45, 7) is 1.74. The number of nitro groups is 1. The Labute approximate surface area is 138 Å². The van der Waals surface area contributed by atoms with E-state index < -0.39 is 17.1 Å². The van der Waals surface area contributed by atoms with Crippen LogP contribution < -0.4 is 5.32 Å². The predicted octanol–water partition coefficient (Wildman–Crippen LogP) is 3.06. The van der Waals surface area contributed by atoms with E-state index in [2.05, 4.69) is 10.3 Å². The van der Waals surface area contributed by atoms with E-state index in [0.717, 1.165) is 6.20 Å². The molecule has 2 N–H and O–H groups in total. The Morgan fingerprint density at radius 1 is 1.52 bits per heavy atom. The van der Waals surface area contributed by atoms with Crippen molar-refractivity contribution in [2.24, 2.45) is 5.92 Å². The average Bonchev–Trinajstić information content (AvgIpc) is 2.47. The van der Waals surface area contributed by atoms with Crippen molar-refractivity contribution in [1.29, 1.82) is 0 Å². The SMILES string of the molecule is CC(Nc1cc(Cl)ncc1[N+](=O)[O-])O[C@H]1CC[C@H](C(=O)O)CC1. The zero-order chi connectivity index (χ0) is 17.0. The van der Waals surface area contributed by atoms with Gasteiger partial charge in [0.1, 0.15) is 23.3 Å². The van der Waals surface area contributed by atoms with Crippen molar-refractivity contribution in [2.75, 3.05) is 5.32 Å². The molecule has 1 aliphatic carbocycles. The average molecular weight is 344 g/mol. The highest BCUT2D eigenvalue weighted by Crippen LogP contribution is 2.29. The van der Waals surface area contributed by atoms with Crippen molar-refractivity contribution >= 4 is 28.9 Å². The molecule has 1 atom stereocenters. The minimum absolute atomic E-state index is 0.0653. The Kier molecular flexibility index (Phi) is 5.73. The Bertz CT molecular complexity index is 590. The van der Waals surface area contributed by atoms with Crippen molar-refractivity contribution in [1.82, 2.24) is 4.98 Å². The predicted molar refractivity (Wildman–Crippen MR) is 83.5 cm³/mol. The summed E-state index contributed by atoms with van der Waals surface area (Å²) in [5.74, 6) is -1.07. The van der Waals surface area contributed by atoms with E-state index in [9.17, 15) is 14.9 Å². The van der Waals surface area contributed by atoms with Gasteiger partial charge >= 0.3 is 11.7 Å². The van der Waals surface area contributed by atoms with E-state index in [0.29, 0.717) is 25.7 Å². The number of carboxylic acid groups (broad SMARTS) is 1. The summed E-state index contributed by atoms with van der Waals surface area (Å²) in [5.41, 5.74) is 0.0566. The molecule has 0 radical (unpaired) electrons. The molecule has 1 aromatic heterocycles. The van der Waals surface area contributed by atoms with Gasteiger partial charge in [0, 0.05) is 6.07 Å². The molecule has 1 heterocycles. The number of carbonyl (C=O) groups is 1. The first-order chi connectivity index (χ1) is 10.9. The molecule has 0 spiro atoms. The number of nitrogens with one attached hydrogen (secondary N) is 1. The second kappa shape index (κ2) is 7.56. The van der Waals surface area contributed by atoms with E-state index in [1.54, 1.807) is 6.92 Å². The Morgan fingerprint density at radius 2 is 2.17 bits per heavy atom. The third-order valence-corrected chi connectivity index (χ3v) is 4.03. The molecular weight excluding hydrogens is 326 g/mol.